The average molecular weight is 363 g/mol. The van der Waals surface area contributed by atoms with Crippen molar-refractivity contribution in [2.45, 2.75) is 39.8 Å². The van der Waals surface area contributed by atoms with E-state index in [9.17, 15) is 4.79 Å². The number of esters is 1. The van der Waals surface area contributed by atoms with E-state index in [0.717, 1.165) is 32.0 Å². The standard InChI is InChI=1S/C20H34N4O2/c1-6-21-20(23-14-16(2)19(25)26-5)22-13-12-17(3)24(4)15-18-10-8-7-9-11-18/h7-11,16-17H,6,12-15H2,1-5H3,(H2,21,22,23). The Balaban J connectivity index is 2.42. The van der Waals surface area contributed by atoms with Crippen LogP contribution in [0.25, 0.3) is 0 Å². The lowest BCUT2D eigenvalue weighted by atomic mass is 10.1. The molecule has 2 unspecified atom stereocenters. The number of guanidine groups is 1. The lowest BCUT2D eigenvalue weighted by molar-refractivity contribution is -0.144. The molecule has 2 N–H and O–H groups in total. The van der Waals surface area contributed by atoms with Gasteiger partial charge in [-0.25, -0.2) is 0 Å². The number of methoxy groups -OCH3 is 1. The minimum absolute atomic E-state index is 0.235. The molecule has 0 aliphatic rings. The van der Waals surface area contributed by atoms with E-state index < -0.39 is 0 Å². The summed E-state index contributed by atoms with van der Waals surface area (Å²) >= 11 is 0. The summed E-state index contributed by atoms with van der Waals surface area (Å²) in [5.41, 5.74) is 1.32. The van der Waals surface area contributed by atoms with Crippen LogP contribution < -0.4 is 10.6 Å². The quantitative estimate of drug-likeness (QED) is 0.380. The first kappa shape index (κ1) is 22.0. The first-order valence-corrected chi connectivity index (χ1v) is 9.32. The van der Waals surface area contributed by atoms with Gasteiger partial charge in [-0.3, -0.25) is 14.7 Å². The van der Waals surface area contributed by atoms with Crippen LogP contribution >= 0.6 is 0 Å². The van der Waals surface area contributed by atoms with Gasteiger partial charge < -0.3 is 15.4 Å². The Morgan fingerprint density at radius 1 is 1.23 bits per heavy atom. The Hall–Kier alpha value is -2.08. The van der Waals surface area contributed by atoms with Gasteiger partial charge in [0.2, 0.25) is 0 Å². The second-order valence-electron chi connectivity index (χ2n) is 6.61. The molecule has 0 spiro atoms. The van der Waals surface area contributed by atoms with Crippen LogP contribution in [0.4, 0.5) is 0 Å². The zero-order valence-corrected chi connectivity index (χ0v) is 16.8. The summed E-state index contributed by atoms with van der Waals surface area (Å²) in [6.45, 7) is 9.02. The van der Waals surface area contributed by atoms with Crippen molar-refractivity contribution in [3.8, 4) is 0 Å². The zero-order valence-electron chi connectivity index (χ0n) is 16.8. The second kappa shape index (κ2) is 12.3. The first-order valence-electron chi connectivity index (χ1n) is 9.32. The van der Waals surface area contributed by atoms with Crippen LogP contribution in [0, 0.1) is 5.92 Å². The van der Waals surface area contributed by atoms with Crippen LogP contribution in [-0.2, 0) is 16.1 Å². The van der Waals surface area contributed by atoms with Crippen molar-refractivity contribution in [2.24, 2.45) is 10.9 Å². The molecule has 0 fully saturated rings. The fourth-order valence-corrected chi connectivity index (χ4v) is 2.49. The summed E-state index contributed by atoms with van der Waals surface area (Å²) < 4.78 is 4.74. The highest BCUT2D eigenvalue weighted by atomic mass is 16.5. The molecule has 0 amide bonds. The SMILES string of the molecule is CCNC(=NCC(C)C(=O)OC)NCCC(C)N(C)Cc1ccccc1. The van der Waals surface area contributed by atoms with E-state index in [2.05, 4.69) is 58.8 Å². The van der Waals surface area contributed by atoms with E-state index >= 15 is 0 Å². The minimum Gasteiger partial charge on any atom is -0.469 e. The van der Waals surface area contributed by atoms with Crippen LogP contribution in [0.5, 0.6) is 0 Å². The number of nitrogens with zero attached hydrogens (tertiary/aromatic N) is 2. The number of benzene rings is 1. The third kappa shape index (κ3) is 8.34. The molecule has 0 aliphatic carbocycles. The molecule has 1 aromatic carbocycles. The highest BCUT2D eigenvalue weighted by Gasteiger charge is 2.13. The average Bonchev–Trinajstić information content (AvgIpc) is 2.65. The van der Waals surface area contributed by atoms with Crippen LogP contribution in [0.1, 0.15) is 32.8 Å². The second-order valence-corrected chi connectivity index (χ2v) is 6.61. The van der Waals surface area contributed by atoms with E-state index in [4.69, 9.17) is 4.74 Å². The van der Waals surface area contributed by atoms with Crippen LogP contribution in [0.3, 0.4) is 0 Å². The number of nitrogens with one attached hydrogen (secondary N) is 2. The van der Waals surface area contributed by atoms with E-state index in [1.54, 1.807) is 0 Å². The van der Waals surface area contributed by atoms with Crippen LogP contribution in [-0.4, -0.2) is 56.7 Å². The van der Waals surface area contributed by atoms with Gasteiger partial charge in [0, 0.05) is 25.7 Å². The van der Waals surface area contributed by atoms with Gasteiger partial charge in [-0.05, 0) is 32.9 Å². The van der Waals surface area contributed by atoms with Crippen molar-refractivity contribution in [2.75, 3.05) is 33.8 Å². The predicted octanol–water partition coefficient (Wildman–Crippen LogP) is 2.26. The fourth-order valence-electron chi connectivity index (χ4n) is 2.49. The smallest absolute Gasteiger partial charge is 0.310 e. The van der Waals surface area contributed by atoms with Gasteiger partial charge >= 0.3 is 5.97 Å². The van der Waals surface area contributed by atoms with Gasteiger partial charge in [-0.2, -0.15) is 0 Å². The Bertz CT molecular complexity index is 548. The highest BCUT2D eigenvalue weighted by molar-refractivity contribution is 5.80. The zero-order chi connectivity index (χ0) is 19.4. The Morgan fingerprint density at radius 2 is 1.92 bits per heavy atom. The largest absolute Gasteiger partial charge is 0.469 e. The number of aliphatic imine (C=N–C) groups is 1. The molecule has 6 nitrogen and oxygen atoms in total. The summed E-state index contributed by atoms with van der Waals surface area (Å²) in [7, 11) is 3.55. The van der Waals surface area contributed by atoms with Gasteiger partial charge in [0.25, 0.3) is 0 Å². The number of carbonyl (C=O) groups excluding carboxylic acids is 1. The normalized spacial score (nSPS) is 14.0. The van der Waals surface area contributed by atoms with Crippen LogP contribution in [0.2, 0.25) is 0 Å². The van der Waals surface area contributed by atoms with Crippen LogP contribution in [0.15, 0.2) is 35.3 Å². The molecule has 0 radical (unpaired) electrons. The van der Waals surface area contributed by atoms with Gasteiger partial charge in [0.1, 0.15) is 0 Å². The van der Waals surface area contributed by atoms with Crippen molar-refractivity contribution in [1.82, 2.24) is 15.5 Å². The summed E-state index contributed by atoms with van der Waals surface area (Å²) in [6.07, 6.45) is 1.00. The Kier molecular flexibility index (Phi) is 10.4. The Labute approximate surface area is 158 Å². The maximum Gasteiger partial charge on any atom is 0.310 e. The molecule has 146 valence electrons. The number of hydrogen-bond donors (Lipinski definition) is 2. The molecule has 0 bridgehead atoms. The molecule has 0 aromatic heterocycles. The molecule has 0 aliphatic heterocycles. The minimum atomic E-state index is -0.244. The van der Waals surface area contributed by atoms with Crippen molar-refractivity contribution in [3.05, 3.63) is 35.9 Å². The van der Waals surface area contributed by atoms with E-state index in [0.29, 0.717) is 12.6 Å². The molecule has 0 saturated heterocycles. The molecule has 1 rings (SSSR count). The van der Waals surface area contributed by atoms with Crippen molar-refractivity contribution >= 4 is 11.9 Å². The molecule has 1 aromatic rings. The van der Waals surface area contributed by atoms with E-state index in [1.165, 1.54) is 12.7 Å². The third-order valence-electron chi connectivity index (χ3n) is 4.35. The third-order valence-corrected chi connectivity index (χ3v) is 4.35. The number of hydrogen-bond acceptors (Lipinski definition) is 4. The fraction of sp³-hybridized carbons (Fsp3) is 0.600. The number of ether oxygens (including phenoxy) is 1. The summed E-state index contributed by atoms with van der Waals surface area (Å²) in [4.78, 5) is 18.3. The molecule has 26 heavy (non-hydrogen) atoms. The Morgan fingerprint density at radius 3 is 2.54 bits per heavy atom. The molecule has 0 heterocycles. The maximum atomic E-state index is 11.5. The summed E-state index contributed by atoms with van der Waals surface area (Å²) in [5, 5.41) is 6.55. The lowest BCUT2D eigenvalue weighted by Crippen LogP contribution is -2.40. The molecule has 0 saturated carbocycles. The van der Waals surface area contributed by atoms with Crippen molar-refractivity contribution < 1.29 is 9.53 Å². The molecule has 6 heteroatoms. The summed E-state index contributed by atoms with van der Waals surface area (Å²) in [5.74, 6) is 0.258. The van der Waals surface area contributed by atoms with Gasteiger partial charge in [0.05, 0.1) is 19.6 Å². The van der Waals surface area contributed by atoms with Crippen molar-refractivity contribution in [3.63, 3.8) is 0 Å². The molecular weight excluding hydrogens is 328 g/mol. The van der Waals surface area contributed by atoms with Gasteiger partial charge in [0.15, 0.2) is 5.96 Å². The van der Waals surface area contributed by atoms with E-state index in [-0.39, 0.29) is 11.9 Å². The first-order chi connectivity index (χ1) is 12.5. The van der Waals surface area contributed by atoms with E-state index in [1.807, 2.05) is 19.9 Å². The lowest BCUT2D eigenvalue weighted by Gasteiger charge is -2.25. The molecular formula is C20H34N4O2. The van der Waals surface area contributed by atoms with Crippen molar-refractivity contribution in [1.29, 1.82) is 0 Å². The monoisotopic (exact) mass is 362 g/mol. The number of carbonyl (C=O) groups is 1. The topological polar surface area (TPSA) is 66.0 Å². The summed E-state index contributed by atoms with van der Waals surface area (Å²) in [6, 6.07) is 10.9. The van der Waals surface area contributed by atoms with Gasteiger partial charge in [-0.1, -0.05) is 37.3 Å². The highest BCUT2D eigenvalue weighted by Crippen LogP contribution is 2.07. The molecule has 2 atom stereocenters. The maximum absolute atomic E-state index is 11.5. The number of rotatable bonds is 10. The predicted molar refractivity (Wildman–Crippen MR) is 107 cm³/mol. The van der Waals surface area contributed by atoms with Gasteiger partial charge in [-0.15, -0.1) is 0 Å².